The molecule has 3 N–H and O–H groups in total. The van der Waals surface area contributed by atoms with Crippen LogP contribution in [0.1, 0.15) is 30.9 Å². The minimum Gasteiger partial charge on any atom is -0.484 e. The standard InChI is InChI=1S/C19H22FN3O2S/c1-12(2)15-9-8-14(10-13(15)3)25-11-18(24)22-23-19(26)21-17-7-5-4-6-16(17)20/h4-10,12H,11H2,1-3H3,(H,22,24)(H2,21,23,26). The van der Waals surface area contributed by atoms with E-state index in [1.165, 1.54) is 17.7 Å². The zero-order valence-electron chi connectivity index (χ0n) is 14.9. The van der Waals surface area contributed by atoms with Gasteiger partial charge in [0.2, 0.25) is 0 Å². The number of carbonyl (C=O) groups is 1. The molecule has 0 aliphatic rings. The Morgan fingerprint density at radius 1 is 1.19 bits per heavy atom. The number of nitrogens with one attached hydrogen (secondary N) is 3. The summed E-state index contributed by atoms with van der Waals surface area (Å²) in [5.41, 5.74) is 7.48. The predicted molar refractivity (Wildman–Crippen MR) is 105 cm³/mol. The Morgan fingerprint density at radius 2 is 1.92 bits per heavy atom. The number of hydrazine groups is 1. The van der Waals surface area contributed by atoms with Crippen molar-refractivity contribution in [1.29, 1.82) is 0 Å². The molecular weight excluding hydrogens is 353 g/mol. The molecule has 0 aliphatic heterocycles. The number of halogens is 1. The summed E-state index contributed by atoms with van der Waals surface area (Å²) in [6, 6.07) is 11.8. The van der Waals surface area contributed by atoms with Crippen LogP contribution in [0.25, 0.3) is 0 Å². The molecule has 2 aromatic carbocycles. The Labute approximate surface area is 157 Å². The van der Waals surface area contributed by atoms with Crippen molar-refractivity contribution in [2.45, 2.75) is 26.7 Å². The lowest BCUT2D eigenvalue weighted by atomic mass is 9.98. The van der Waals surface area contributed by atoms with Gasteiger partial charge in [-0.2, -0.15) is 0 Å². The van der Waals surface area contributed by atoms with E-state index < -0.39 is 11.7 Å². The molecule has 0 spiro atoms. The topological polar surface area (TPSA) is 62.4 Å². The van der Waals surface area contributed by atoms with Crippen LogP contribution in [0.4, 0.5) is 10.1 Å². The van der Waals surface area contributed by atoms with Gasteiger partial charge >= 0.3 is 0 Å². The first-order chi connectivity index (χ1) is 12.4. The number of benzene rings is 2. The fraction of sp³-hybridized carbons (Fsp3) is 0.263. The Hall–Kier alpha value is -2.67. The smallest absolute Gasteiger partial charge is 0.276 e. The highest BCUT2D eigenvalue weighted by Crippen LogP contribution is 2.23. The van der Waals surface area contributed by atoms with Crippen molar-refractivity contribution >= 4 is 28.9 Å². The van der Waals surface area contributed by atoms with Gasteiger partial charge in [0.25, 0.3) is 5.91 Å². The van der Waals surface area contributed by atoms with Crippen LogP contribution in [0.3, 0.4) is 0 Å². The molecule has 2 aromatic rings. The van der Waals surface area contributed by atoms with Crippen molar-refractivity contribution in [3.63, 3.8) is 0 Å². The van der Waals surface area contributed by atoms with Gasteiger partial charge in [-0.15, -0.1) is 0 Å². The van der Waals surface area contributed by atoms with Crippen LogP contribution in [0.15, 0.2) is 42.5 Å². The lowest BCUT2D eigenvalue weighted by Gasteiger charge is -2.14. The zero-order chi connectivity index (χ0) is 19.1. The molecule has 0 saturated heterocycles. The molecule has 0 atom stereocenters. The van der Waals surface area contributed by atoms with Crippen LogP contribution in [-0.4, -0.2) is 17.6 Å². The second kappa shape index (κ2) is 9.15. The monoisotopic (exact) mass is 375 g/mol. The number of para-hydroxylation sites is 1. The van der Waals surface area contributed by atoms with Crippen molar-refractivity contribution in [2.24, 2.45) is 0 Å². The van der Waals surface area contributed by atoms with Crippen LogP contribution < -0.4 is 20.9 Å². The summed E-state index contributed by atoms with van der Waals surface area (Å²) in [6.07, 6.45) is 0. The summed E-state index contributed by atoms with van der Waals surface area (Å²) in [5, 5.41) is 2.72. The van der Waals surface area contributed by atoms with E-state index in [0.717, 1.165) is 5.56 Å². The number of hydrogen-bond donors (Lipinski definition) is 3. The molecule has 2 rings (SSSR count). The molecule has 0 saturated carbocycles. The molecule has 138 valence electrons. The van der Waals surface area contributed by atoms with Crippen molar-refractivity contribution in [3.05, 3.63) is 59.4 Å². The molecule has 0 bridgehead atoms. The first kappa shape index (κ1) is 19.7. The van der Waals surface area contributed by atoms with Gasteiger partial charge in [-0.25, -0.2) is 4.39 Å². The van der Waals surface area contributed by atoms with E-state index in [2.05, 4.69) is 30.0 Å². The van der Waals surface area contributed by atoms with Crippen molar-refractivity contribution in [1.82, 2.24) is 10.9 Å². The molecule has 0 radical (unpaired) electrons. The lowest BCUT2D eigenvalue weighted by Crippen LogP contribution is -2.45. The molecule has 0 aromatic heterocycles. The number of ether oxygens (including phenoxy) is 1. The normalized spacial score (nSPS) is 10.3. The number of carbonyl (C=O) groups excluding carboxylic acids is 1. The fourth-order valence-corrected chi connectivity index (χ4v) is 2.57. The van der Waals surface area contributed by atoms with Crippen LogP contribution in [0.5, 0.6) is 5.75 Å². The minimum atomic E-state index is -0.438. The molecule has 0 fully saturated rings. The van der Waals surface area contributed by atoms with Gasteiger partial charge in [0.1, 0.15) is 11.6 Å². The molecule has 0 aliphatic carbocycles. The third-order valence-corrected chi connectivity index (χ3v) is 3.87. The molecule has 0 unspecified atom stereocenters. The highest BCUT2D eigenvalue weighted by molar-refractivity contribution is 7.80. The molecule has 26 heavy (non-hydrogen) atoms. The Bertz CT molecular complexity index is 796. The van der Waals surface area contributed by atoms with Gasteiger partial charge < -0.3 is 10.1 Å². The van der Waals surface area contributed by atoms with Gasteiger partial charge in [-0.05, 0) is 60.5 Å². The zero-order valence-corrected chi connectivity index (χ0v) is 15.7. The van der Waals surface area contributed by atoms with E-state index in [1.54, 1.807) is 12.1 Å². The number of hydrogen-bond acceptors (Lipinski definition) is 3. The van der Waals surface area contributed by atoms with Gasteiger partial charge in [-0.1, -0.05) is 32.0 Å². The first-order valence-corrected chi connectivity index (χ1v) is 8.61. The SMILES string of the molecule is Cc1cc(OCC(=O)NNC(=S)Nc2ccccc2F)ccc1C(C)C. The van der Waals surface area contributed by atoms with E-state index in [4.69, 9.17) is 17.0 Å². The summed E-state index contributed by atoms with van der Waals surface area (Å²) in [6.45, 7) is 6.09. The van der Waals surface area contributed by atoms with Gasteiger partial charge in [0.05, 0.1) is 5.69 Å². The number of aryl methyl sites for hydroxylation is 1. The number of amides is 1. The summed E-state index contributed by atoms with van der Waals surface area (Å²) < 4.78 is 19.0. The third kappa shape index (κ3) is 5.70. The summed E-state index contributed by atoms with van der Waals surface area (Å²) in [7, 11) is 0. The van der Waals surface area contributed by atoms with Crippen molar-refractivity contribution in [3.8, 4) is 5.75 Å². The van der Waals surface area contributed by atoms with Gasteiger partial charge in [-0.3, -0.25) is 15.6 Å². The van der Waals surface area contributed by atoms with Crippen LogP contribution in [0, 0.1) is 12.7 Å². The summed E-state index contributed by atoms with van der Waals surface area (Å²) >= 11 is 5.00. The number of thiocarbonyl (C=S) groups is 1. The first-order valence-electron chi connectivity index (χ1n) is 8.20. The fourth-order valence-electron chi connectivity index (χ4n) is 2.41. The van der Waals surface area contributed by atoms with Crippen molar-refractivity contribution < 1.29 is 13.9 Å². The molecular formula is C19H22FN3O2S. The molecule has 0 heterocycles. The molecule has 1 amide bonds. The second-order valence-corrected chi connectivity index (χ2v) is 6.48. The molecule has 7 heteroatoms. The average molecular weight is 375 g/mol. The number of rotatable bonds is 5. The maximum Gasteiger partial charge on any atom is 0.276 e. The van der Waals surface area contributed by atoms with Gasteiger partial charge in [0.15, 0.2) is 11.7 Å². The molecule has 5 nitrogen and oxygen atoms in total. The van der Waals surface area contributed by atoms with Crippen molar-refractivity contribution in [2.75, 3.05) is 11.9 Å². The highest BCUT2D eigenvalue weighted by Gasteiger charge is 2.08. The van der Waals surface area contributed by atoms with Gasteiger partial charge in [0, 0.05) is 0 Å². The third-order valence-electron chi connectivity index (χ3n) is 3.67. The van der Waals surface area contributed by atoms with Crippen LogP contribution in [0.2, 0.25) is 0 Å². The predicted octanol–water partition coefficient (Wildman–Crippen LogP) is 3.65. The largest absolute Gasteiger partial charge is 0.484 e. The van der Waals surface area contributed by atoms with E-state index >= 15 is 0 Å². The van der Waals surface area contributed by atoms with E-state index in [1.807, 2.05) is 25.1 Å². The summed E-state index contributed by atoms with van der Waals surface area (Å²) in [4.78, 5) is 11.8. The quantitative estimate of drug-likeness (QED) is 0.550. The van der Waals surface area contributed by atoms with E-state index in [-0.39, 0.29) is 17.4 Å². The van der Waals surface area contributed by atoms with E-state index in [9.17, 15) is 9.18 Å². The van der Waals surface area contributed by atoms with E-state index in [0.29, 0.717) is 11.7 Å². The lowest BCUT2D eigenvalue weighted by molar-refractivity contribution is -0.123. The van der Waals surface area contributed by atoms with Crippen LogP contribution in [-0.2, 0) is 4.79 Å². The van der Waals surface area contributed by atoms with Crippen LogP contribution >= 0.6 is 12.2 Å². The Morgan fingerprint density at radius 3 is 2.58 bits per heavy atom. The Balaban J connectivity index is 1.78. The Kier molecular flexibility index (Phi) is 6.91. The maximum atomic E-state index is 13.5. The minimum absolute atomic E-state index is 0.0700. The number of anilines is 1. The maximum absolute atomic E-state index is 13.5. The second-order valence-electron chi connectivity index (χ2n) is 6.07. The summed E-state index contributed by atoms with van der Waals surface area (Å²) in [5.74, 6) is 0.202. The highest BCUT2D eigenvalue weighted by atomic mass is 32.1. The average Bonchev–Trinajstić information content (AvgIpc) is 2.60.